The van der Waals surface area contributed by atoms with Gasteiger partial charge in [-0.3, -0.25) is 0 Å². The Bertz CT molecular complexity index is 914. The summed E-state index contributed by atoms with van der Waals surface area (Å²) in [5.74, 6) is -1.03. The molecule has 0 aliphatic heterocycles. The lowest BCUT2D eigenvalue weighted by molar-refractivity contribution is -0.141. The number of carbonyl (C=O) groups is 1. The molecule has 2 heterocycles. The molecule has 0 aliphatic rings. The van der Waals surface area contributed by atoms with Crippen LogP contribution in [-0.2, 0) is 10.9 Å². The van der Waals surface area contributed by atoms with E-state index in [1.165, 1.54) is 6.92 Å². The number of nitrogens with zero attached hydrogens (tertiary/aromatic N) is 1. The Morgan fingerprint density at radius 1 is 1.42 bits per heavy atom. The predicted octanol–water partition coefficient (Wildman–Crippen LogP) is 4.07. The maximum atomic E-state index is 13.2. The summed E-state index contributed by atoms with van der Waals surface area (Å²) in [7, 11) is 0. The van der Waals surface area contributed by atoms with Crippen molar-refractivity contribution < 1.29 is 22.7 Å². The molecule has 0 aliphatic carbocycles. The fourth-order valence-corrected chi connectivity index (χ4v) is 3.22. The number of halogens is 3. The fourth-order valence-electron chi connectivity index (χ4n) is 2.25. The van der Waals surface area contributed by atoms with Crippen molar-refractivity contribution in [3.8, 4) is 10.6 Å². The second-order valence-corrected chi connectivity index (χ2v) is 5.92. The standard InChI is InChI=1S/C15H12F3N3O2S/c1-2-23-14(22)11-12(15(16,17)18)21-13(24-11)7-3-4-10-8(5-7)9(19)6-20-10/h3-6,20H,2,19H2,1H3. The van der Waals surface area contributed by atoms with Crippen molar-refractivity contribution in [2.75, 3.05) is 12.3 Å². The van der Waals surface area contributed by atoms with Crippen LogP contribution in [0, 0.1) is 0 Å². The Hall–Kier alpha value is -2.55. The number of nitrogen functional groups attached to an aromatic ring is 1. The molecule has 0 unspecified atom stereocenters. The number of aromatic nitrogens is 2. The number of ether oxygens (including phenoxy) is 1. The molecular weight excluding hydrogens is 343 g/mol. The van der Waals surface area contributed by atoms with Crippen molar-refractivity contribution >= 4 is 33.9 Å². The second kappa shape index (κ2) is 5.82. The van der Waals surface area contributed by atoms with E-state index in [1.54, 1.807) is 24.4 Å². The van der Waals surface area contributed by atoms with E-state index in [0.717, 1.165) is 5.52 Å². The van der Waals surface area contributed by atoms with Gasteiger partial charge in [0.05, 0.1) is 12.3 Å². The summed E-state index contributed by atoms with van der Waals surface area (Å²) < 4.78 is 44.2. The molecule has 3 N–H and O–H groups in total. The number of hydrogen-bond donors (Lipinski definition) is 2. The van der Waals surface area contributed by atoms with E-state index >= 15 is 0 Å². The molecule has 3 aromatic rings. The van der Waals surface area contributed by atoms with E-state index in [4.69, 9.17) is 10.5 Å². The molecule has 0 saturated heterocycles. The highest BCUT2D eigenvalue weighted by Gasteiger charge is 2.40. The van der Waals surface area contributed by atoms with Crippen LogP contribution in [0.4, 0.5) is 18.9 Å². The zero-order valence-electron chi connectivity index (χ0n) is 12.4. The van der Waals surface area contributed by atoms with Gasteiger partial charge in [0.2, 0.25) is 0 Å². The summed E-state index contributed by atoms with van der Waals surface area (Å²) >= 11 is 0.648. The van der Waals surface area contributed by atoms with Crippen LogP contribution in [0.3, 0.4) is 0 Å². The van der Waals surface area contributed by atoms with Crippen molar-refractivity contribution in [2.24, 2.45) is 0 Å². The SMILES string of the molecule is CCOC(=O)c1sc(-c2ccc3[nH]cc(N)c3c2)nc1C(F)(F)F. The van der Waals surface area contributed by atoms with Crippen molar-refractivity contribution in [2.45, 2.75) is 13.1 Å². The summed E-state index contributed by atoms with van der Waals surface area (Å²) in [6.45, 7) is 1.50. The molecule has 9 heteroatoms. The van der Waals surface area contributed by atoms with Crippen molar-refractivity contribution in [1.82, 2.24) is 9.97 Å². The molecule has 126 valence electrons. The van der Waals surface area contributed by atoms with Gasteiger partial charge in [0, 0.05) is 22.7 Å². The van der Waals surface area contributed by atoms with Crippen LogP contribution in [0.5, 0.6) is 0 Å². The summed E-state index contributed by atoms with van der Waals surface area (Å²) in [5, 5.41) is 0.752. The highest BCUT2D eigenvalue weighted by atomic mass is 32.1. The number of carbonyl (C=O) groups excluding carboxylic acids is 1. The first-order valence-electron chi connectivity index (χ1n) is 6.93. The van der Waals surface area contributed by atoms with E-state index in [-0.39, 0.29) is 11.6 Å². The molecule has 3 rings (SSSR count). The lowest BCUT2D eigenvalue weighted by atomic mass is 10.1. The number of alkyl halides is 3. The first-order valence-corrected chi connectivity index (χ1v) is 7.75. The van der Waals surface area contributed by atoms with Crippen LogP contribution in [0.25, 0.3) is 21.5 Å². The van der Waals surface area contributed by atoms with Gasteiger partial charge in [0.25, 0.3) is 0 Å². The summed E-state index contributed by atoms with van der Waals surface area (Å²) in [6, 6.07) is 4.95. The van der Waals surface area contributed by atoms with Crippen LogP contribution in [-0.4, -0.2) is 22.5 Å². The quantitative estimate of drug-likeness (QED) is 0.694. The number of benzene rings is 1. The minimum absolute atomic E-state index is 0.0186. The Balaban J connectivity index is 2.13. The van der Waals surface area contributed by atoms with E-state index in [2.05, 4.69) is 9.97 Å². The minimum Gasteiger partial charge on any atom is -0.462 e. The Labute approximate surface area is 138 Å². The number of esters is 1. The molecular formula is C15H12F3N3O2S. The lowest BCUT2D eigenvalue weighted by Gasteiger charge is -2.05. The van der Waals surface area contributed by atoms with Gasteiger partial charge in [0.1, 0.15) is 9.88 Å². The largest absolute Gasteiger partial charge is 0.462 e. The summed E-state index contributed by atoms with van der Waals surface area (Å²) in [4.78, 5) is 17.8. The van der Waals surface area contributed by atoms with Gasteiger partial charge in [-0.1, -0.05) is 0 Å². The van der Waals surface area contributed by atoms with Crippen LogP contribution in [0.2, 0.25) is 0 Å². The third kappa shape index (κ3) is 2.82. The van der Waals surface area contributed by atoms with Gasteiger partial charge < -0.3 is 15.5 Å². The zero-order valence-corrected chi connectivity index (χ0v) is 13.2. The number of nitrogens with one attached hydrogen (secondary N) is 1. The topological polar surface area (TPSA) is 81.0 Å². The summed E-state index contributed by atoms with van der Waals surface area (Å²) in [6.07, 6.45) is -3.14. The number of rotatable bonds is 3. The van der Waals surface area contributed by atoms with Crippen molar-refractivity contribution in [3.05, 3.63) is 35.0 Å². The van der Waals surface area contributed by atoms with Gasteiger partial charge in [-0.05, 0) is 25.1 Å². The highest BCUT2D eigenvalue weighted by molar-refractivity contribution is 7.17. The lowest BCUT2D eigenvalue weighted by Crippen LogP contribution is -2.13. The van der Waals surface area contributed by atoms with Crippen LogP contribution in [0.1, 0.15) is 22.3 Å². The van der Waals surface area contributed by atoms with E-state index in [0.29, 0.717) is 28.0 Å². The molecule has 1 aromatic carbocycles. The van der Waals surface area contributed by atoms with Gasteiger partial charge in [-0.15, -0.1) is 11.3 Å². The molecule has 0 amide bonds. The monoisotopic (exact) mass is 355 g/mol. The normalized spacial score (nSPS) is 11.8. The second-order valence-electron chi connectivity index (χ2n) is 4.92. The maximum Gasteiger partial charge on any atom is 0.435 e. The highest BCUT2D eigenvalue weighted by Crippen LogP contribution is 2.39. The molecule has 2 aromatic heterocycles. The third-order valence-electron chi connectivity index (χ3n) is 3.32. The number of nitrogens with two attached hydrogens (primary N) is 1. The molecule has 0 fully saturated rings. The number of H-pyrrole nitrogens is 1. The zero-order chi connectivity index (χ0) is 17.5. The molecule has 0 saturated carbocycles. The smallest absolute Gasteiger partial charge is 0.435 e. The van der Waals surface area contributed by atoms with E-state index in [1.807, 2.05) is 0 Å². The Morgan fingerprint density at radius 2 is 2.17 bits per heavy atom. The van der Waals surface area contributed by atoms with E-state index in [9.17, 15) is 18.0 Å². The summed E-state index contributed by atoms with van der Waals surface area (Å²) in [5.41, 5.74) is 6.26. The maximum absolute atomic E-state index is 13.2. The molecule has 0 radical (unpaired) electrons. The molecule has 24 heavy (non-hydrogen) atoms. The third-order valence-corrected chi connectivity index (χ3v) is 4.40. The first kappa shape index (κ1) is 16.3. The number of fused-ring (bicyclic) bond motifs is 1. The molecule has 0 atom stereocenters. The minimum atomic E-state index is -4.74. The fraction of sp³-hybridized carbons (Fsp3) is 0.200. The van der Waals surface area contributed by atoms with Crippen LogP contribution < -0.4 is 5.73 Å². The average molecular weight is 355 g/mol. The van der Waals surface area contributed by atoms with Crippen molar-refractivity contribution in [3.63, 3.8) is 0 Å². The molecule has 0 bridgehead atoms. The van der Waals surface area contributed by atoms with Gasteiger partial charge in [0.15, 0.2) is 5.69 Å². The van der Waals surface area contributed by atoms with Gasteiger partial charge in [-0.2, -0.15) is 13.2 Å². The molecule has 0 spiro atoms. The predicted molar refractivity (Wildman–Crippen MR) is 84.8 cm³/mol. The van der Waals surface area contributed by atoms with Gasteiger partial charge >= 0.3 is 12.1 Å². The average Bonchev–Trinajstić information content (AvgIpc) is 3.12. The Morgan fingerprint density at radius 3 is 2.83 bits per heavy atom. The van der Waals surface area contributed by atoms with Crippen LogP contribution >= 0.6 is 11.3 Å². The number of anilines is 1. The number of thiazole rings is 1. The number of aromatic amines is 1. The number of hydrogen-bond acceptors (Lipinski definition) is 5. The Kier molecular flexibility index (Phi) is 3.96. The van der Waals surface area contributed by atoms with Crippen molar-refractivity contribution in [1.29, 1.82) is 0 Å². The first-order chi connectivity index (χ1) is 11.3. The van der Waals surface area contributed by atoms with Gasteiger partial charge in [-0.25, -0.2) is 9.78 Å². The van der Waals surface area contributed by atoms with E-state index < -0.39 is 22.7 Å². The molecule has 5 nitrogen and oxygen atoms in total. The van der Waals surface area contributed by atoms with Crippen LogP contribution in [0.15, 0.2) is 24.4 Å².